The number of ether oxygens (including phenoxy) is 1. The van der Waals surface area contributed by atoms with E-state index < -0.39 is 29.1 Å². The molecule has 4 amide bonds. The first-order valence-electron chi connectivity index (χ1n) is 21.6. The minimum Gasteiger partial charge on any atom is -0.478 e. The zero-order valence-corrected chi connectivity index (χ0v) is 42.1. The van der Waals surface area contributed by atoms with Crippen molar-refractivity contribution in [2.24, 2.45) is 5.73 Å². The number of nitrogens with two attached hydrogens (primary N) is 2. The molecule has 0 fully saturated rings. The van der Waals surface area contributed by atoms with E-state index in [2.05, 4.69) is 21.1 Å². The fourth-order valence-electron chi connectivity index (χ4n) is 6.12. The van der Waals surface area contributed by atoms with E-state index in [1.807, 2.05) is 82.3 Å². The molecule has 0 unspecified atom stereocenters. The minimum absolute atomic E-state index is 0. The first-order chi connectivity index (χ1) is 33.6. The van der Waals surface area contributed by atoms with Crippen molar-refractivity contribution in [2.75, 3.05) is 31.8 Å². The average Bonchev–Trinajstić information content (AvgIpc) is 3.83. The maximum absolute atomic E-state index is 12.4. The molecule has 0 spiro atoms. The highest BCUT2D eigenvalue weighted by Crippen LogP contribution is 2.29. The number of amides is 4. The number of carboxylic acid groups (broad SMARTS) is 1. The maximum Gasteiger partial charge on any atom is 0.346 e. The van der Waals surface area contributed by atoms with E-state index in [4.69, 9.17) is 17.3 Å². The molecule has 19 heteroatoms. The standard InChI is InChI=1S/C17H15NO4.C16H12N2O3.C9H3ClO4.C6H7N.2C2H6.CH5N.ClH.H2O/c1-18-16(20)12-7-8-13(17(21)22)14(10-12)15(19)9-11-5-3-2-4-6-11;1-17-14(19)10-7-8-12-13(9-10)16(21)18(15(12)20)11-5-3-2-4-6-11;10-7(11)4-1-2-5-6(3-4)9(13)14-8(5)12;7-6-4-2-1-3-5-6;3*1-2;;/h2-8,10H,9H2,1H3,(H,18,20)(H,21,22);2-9H,1H3,(H,17,19);1-3H;1-5H,7H2;2*1-2H3;2H2,1H3;1H;1H2. The number of anilines is 2. The number of hydrogen-bond acceptors (Lipinski definition) is 12. The van der Waals surface area contributed by atoms with Gasteiger partial charge < -0.3 is 37.4 Å². The van der Waals surface area contributed by atoms with E-state index in [1.165, 1.54) is 75.7 Å². The Kier molecular flexibility index (Phi) is 28.7. The van der Waals surface area contributed by atoms with E-state index in [0.717, 1.165) is 16.2 Å². The number of halogens is 2. The summed E-state index contributed by atoms with van der Waals surface area (Å²) in [6, 6.07) is 39.7. The van der Waals surface area contributed by atoms with Crippen LogP contribution < -0.4 is 27.0 Å². The number of aromatic carboxylic acids is 1. The molecule has 9 N–H and O–H groups in total. The molecule has 0 aromatic heterocycles. The number of imide groups is 1. The SMILES string of the molecule is CC.CC.CN.CNC(=O)c1ccc(C(=O)O)c(C(=O)Cc2ccccc2)c1.CNC(=O)c1ccc2c(c1)C(=O)N(c1ccccc1)C2=O.Cl.Nc1ccccc1.O.O=C(Cl)c1ccc2c(c1)C(=O)OC2=O. The molecule has 2 aliphatic rings. The number of ketones is 1. The van der Waals surface area contributed by atoms with Gasteiger partial charge in [0.05, 0.1) is 33.5 Å². The Balaban J connectivity index is 0.000000937. The summed E-state index contributed by atoms with van der Waals surface area (Å²) in [5.74, 6) is -4.42. The van der Waals surface area contributed by atoms with Crippen LogP contribution in [0.5, 0.6) is 0 Å². The van der Waals surface area contributed by atoms with E-state index in [0.29, 0.717) is 16.8 Å². The molecule has 2 aliphatic heterocycles. The number of carboxylic acids is 1. The van der Waals surface area contributed by atoms with Gasteiger partial charge in [-0.05, 0) is 103 Å². The summed E-state index contributed by atoms with van der Waals surface area (Å²) < 4.78 is 4.33. The van der Waals surface area contributed by atoms with Gasteiger partial charge in [0.2, 0.25) is 0 Å². The highest BCUT2D eigenvalue weighted by Gasteiger charge is 2.37. The van der Waals surface area contributed by atoms with Gasteiger partial charge in [-0.3, -0.25) is 28.8 Å². The predicted molar refractivity (Wildman–Crippen MR) is 280 cm³/mol. The first kappa shape index (κ1) is 63.7. The van der Waals surface area contributed by atoms with Gasteiger partial charge in [0.15, 0.2) is 5.78 Å². The molecular weight excluding hydrogens is 970 g/mol. The summed E-state index contributed by atoms with van der Waals surface area (Å²) in [6.07, 6.45) is 0.0817. The molecular formula is C53H57Cl2N5O12. The molecule has 0 radical (unpaired) electrons. The third-order valence-corrected chi connectivity index (χ3v) is 9.53. The zero-order valence-electron chi connectivity index (χ0n) is 40.5. The number of nitrogens with zero attached hydrogens (tertiary/aromatic N) is 1. The van der Waals surface area contributed by atoms with Crippen LogP contribution in [0.25, 0.3) is 0 Å². The summed E-state index contributed by atoms with van der Waals surface area (Å²) >= 11 is 5.21. The lowest BCUT2D eigenvalue weighted by Crippen LogP contribution is -2.29. The van der Waals surface area contributed by atoms with Crippen molar-refractivity contribution in [3.8, 4) is 0 Å². The number of cyclic esters (lactones) is 2. The molecule has 0 atom stereocenters. The van der Waals surface area contributed by atoms with Gasteiger partial charge in [0.25, 0.3) is 28.9 Å². The van der Waals surface area contributed by atoms with E-state index in [9.17, 15) is 48.3 Å². The van der Waals surface area contributed by atoms with Crippen molar-refractivity contribution in [1.82, 2.24) is 10.6 Å². The largest absolute Gasteiger partial charge is 0.478 e. The Morgan fingerprint density at radius 1 is 0.569 bits per heavy atom. The third kappa shape index (κ3) is 17.3. The molecule has 380 valence electrons. The number of esters is 2. The molecule has 0 aliphatic carbocycles. The number of carbonyl (C=O) groups excluding carboxylic acids is 8. The Hall–Kier alpha value is -8.35. The van der Waals surface area contributed by atoms with Gasteiger partial charge >= 0.3 is 17.9 Å². The number of carbonyl (C=O) groups is 9. The van der Waals surface area contributed by atoms with Crippen molar-refractivity contribution in [3.63, 3.8) is 0 Å². The lowest BCUT2D eigenvalue weighted by atomic mass is 9.96. The molecule has 17 nitrogen and oxygen atoms in total. The summed E-state index contributed by atoms with van der Waals surface area (Å²) in [5, 5.41) is 13.5. The van der Waals surface area contributed by atoms with Crippen LogP contribution >= 0.6 is 24.0 Å². The summed E-state index contributed by atoms with van der Waals surface area (Å²) in [6.45, 7) is 8.00. The Labute approximate surface area is 428 Å². The fourth-order valence-corrected chi connectivity index (χ4v) is 6.24. The molecule has 0 saturated heterocycles. The predicted octanol–water partition coefficient (Wildman–Crippen LogP) is 7.89. The molecule has 0 bridgehead atoms. The smallest absolute Gasteiger partial charge is 0.346 e. The Morgan fingerprint density at radius 3 is 1.49 bits per heavy atom. The summed E-state index contributed by atoms with van der Waals surface area (Å²) in [7, 11) is 4.48. The van der Waals surface area contributed by atoms with Gasteiger partial charge in [-0.1, -0.05) is 94.4 Å². The highest BCUT2D eigenvalue weighted by molar-refractivity contribution is 6.67. The molecule has 0 saturated carbocycles. The third-order valence-electron chi connectivity index (χ3n) is 9.31. The number of Topliss-reactive ketones (excluding diaryl/α,β-unsaturated/α-hetero) is 1. The number of nitrogens with one attached hydrogen (secondary N) is 2. The van der Waals surface area contributed by atoms with Crippen LogP contribution in [0, 0.1) is 0 Å². The quantitative estimate of drug-likeness (QED) is 0.0242. The van der Waals surface area contributed by atoms with Gasteiger partial charge in [0, 0.05) is 48.5 Å². The number of fused-ring (bicyclic) bond motifs is 2. The van der Waals surface area contributed by atoms with Crippen molar-refractivity contribution in [3.05, 3.63) is 201 Å². The summed E-state index contributed by atoms with van der Waals surface area (Å²) in [4.78, 5) is 106. The van der Waals surface area contributed by atoms with E-state index in [-0.39, 0.29) is 86.8 Å². The molecule has 6 aromatic carbocycles. The lowest BCUT2D eigenvalue weighted by Gasteiger charge is -2.13. The van der Waals surface area contributed by atoms with Crippen LogP contribution in [0.2, 0.25) is 0 Å². The fraction of sp³-hybridized carbons (Fsp3) is 0.151. The van der Waals surface area contributed by atoms with E-state index in [1.54, 1.807) is 36.4 Å². The second-order valence-electron chi connectivity index (χ2n) is 13.5. The topological polar surface area (TPSA) is 294 Å². The van der Waals surface area contributed by atoms with Crippen LogP contribution in [-0.2, 0) is 11.2 Å². The van der Waals surface area contributed by atoms with Crippen molar-refractivity contribution in [1.29, 1.82) is 0 Å². The van der Waals surface area contributed by atoms with Crippen LogP contribution in [0.4, 0.5) is 11.4 Å². The van der Waals surface area contributed by atoms with Crippen molar-refractivity contribution in [2.45, 2.75) is 34.1 Å². The first-order valence-corrected chi connectivity index (χ1v) is 22.0. The van der Waals surface area contributed by atoms with Crippen LogP contribution in [0.15, 0.2) is 146 Å². The van der Waals surface area contributed by atoms with E-state index >= 15 is 0 Å². The molecule has 72 heavy (non-hydrogen) atoms. The van der Waals surface area contributed by atoms with Gasteiger partial charge in [-0.15, -0.1) is 12.4 Å². The van der Waals surface area contributed by atoms with Crippen LogP contribution in [0.1, 0.15) is 126 Å². The minimum atomic E-state index is -1.19. The number of rotatable bonds is 8. The number of benzene rings is 6. The van der Waals surface area contributed by atoms with Crippen molar-refractivity contribution >= 4 is 87.9 Å². The van der Waals surface area contributed by atoms with Crippen molar-refractivity contribution < 1.29 is 58.5 Å². The normalized spacial score (nSPS) is 10.7. The average molecular weight is 1030 g/mol. The molecule has 6 aromatic rings. The zero-order chi connectivity index (χ0) is 52.5. The highest BCUT2D eigenvalue weighted by atomic mass is 35.5. The molecule has 8 rings (SSSR count). The lowest BCUT2D eigenvalue weighted by molar-refractivity contribution is 0.0441. The number of nitrogen functional groups attached to an aromatic ring is 1. The van der Waals surface area contributed by atoms with Crippen LogP contribution in [-0.4, -0.2) is 84.3 Å². The second-order valence-corrected chi connectivity index (χ2v) is 13.8. The van der Waals surface area contributed by atoms with Gasteiger partial charge in [-0.25, -0.2) is 19.3 Å². The van der Waals surface area contributed by atoms with Gasteiger partial charge in [0.1, 0.15) is 0 Å². The Morgan fingerprint density at radius 2 is 1.00 bits per heavy atom. The Bertz CT molecular complexity index is 2810. The van der Waals surface area contributed by atoms with Gasteiger partial charge in [-0.2, -0.15) is 0 Å². The molecule has 2 heterocycles. The maximum atomic E-state index is 12.4. The summed E-state index contributed by atoms with van der Waals surface area (Å²) in [5.41, 5.74) is 13.5. The van der Waals surface area contributed by atoms with Crippen LogP contribution in [0.3, 0.4) is 0 Å². The monoisotopic (exact) mass is 1030 g/mol. The number of para-hydroxylation sites is 2. The second kappa shape index (κ2) is 32.5. The number of hydrogen-bond donors (Lipinski definition) is 5.